The molecule has 0 aromatic heterocycles. The predicted octanol–water partition coefficient (Wildman–Crippen LogP) is 3.10. The van der Waals surface area contributed by atoms with Crippen molar-refractivity contribution in [3.63, 3.8) is 0 Å². The lowest BCUT2D eigenvalue weighted by atomic mass is 9.87. The van der Waals surface area contributed by atoms with Crippen LogP contribution in [0.3, 0.4) is 0 Å². The van der Waals surface area contributed by atoms with Crippen molar-refractivity contribution in [3.05, 3.63) is 29.8 Å². The highest BCUT2D eigenvalue weighted by atomic mass is 16.5. The van der Waals surface area contributed by atoms with Crippen LogP contribution in [-0.4, -0.2) is 18.6 Å². The molecule has 1 aromatic carbocycles. The summed E-state index contributed by atoms with van der Waals surface area (Å²) in [5.74, 6) is -0.0291. The van der Waals surface area contributed by atoms with Crippen LogP contribution in [0.1, 0.15) is 39.2 Å². The summed E-state index contributed by atoms with van der Waals surface area (Å²) in [5, 5.41) is 2.93. The van der Waals surface area contributed by atoms with Crippen LogP contribution in [0.25, 0.3) is 0 Å². The molecule has 1 amide bonds. The van der Waals surface area contributed by atoms with Crippen molar-refractivity contribution in [2.45, 2.75) is 45.1 Å². The third kappa shape index (κ3) is 3.10. The van der Waals surface area contributed by atoms with Crippen LogP contribution in [0.2, 0.25) is 0 Å². The molecule has 1 heterocycles. The number of hydrogen-bond acceptors (Lipinski definition) is 2. The molecule has 0 bridgehead atoms. The smallest absolute Gasteiger partial charge is 0.253 e. The van der Waals surface area contributed by atoms with E-state index < -0.39 is 0 Å². The summed E-state index contributed by atoms with van der Waals surface area (Å²) in [6.07, 6.45) is 1.52. The van der Waals surface area contributed by atoms with Crippen molar-refractivity contribution < 1.29 is 9.53 Å². The largest absolute Gasteiger partial charge is 0.368 e. The van der Waals surface area contributed by atoms with Gasteiger partial charge in [0.1, 0.15) is 6.10 Å². The molecule has 0 aliphatic carbocycles. The van der Waals surface area contributed by atoms with Crippen molar-refractivity contribution >= 4 is 11.6 Å². The van der Waals surface area contributed by atoms with Crippen molar-refractivity contribution in [1.82, 2.24) is 0 Å². The van der Waals surface area contributed by atoms with Gasteiger partial charge in [0.25, 0.3) is 5.91 Å². The Morgan fingerprint density at radius 2 is 2.17 bits per heavy atom. The van der Waals surface area contributed by atoms with Gasteiger partial charge >= 0.3 is 0 Å². The van der Waals surface area contributed by atoms with Crippen LogP contribution in [-0.2, 0) is 14.9 Å². The standard InChI is InChI=1S/C15H21NO2/c1-15(2,3)11-6-4-7-12(10-11)16-14(17)13-8-5-9-18-13/h4,6-7,10,13H,5,8-9H2,1-3H3,(H,16,17). The molecule has 1 unspecified atom stereocenters. The Hall–Kier alpha value is -1.35. The van der Waals surface area contributed by atoms with Crippen molar-refractivity contribution in [2.75, 3.05) is 11.9 Å². The first-order valence-corrected chi connectivity index (χ1v) is 6.50. The van der Waals surface area contributed by atoms with Gasteiger partial charge in [-0.15, -0.1) is 0 Å². The number of anilines is 1. The monoisotopic (exact) mass is 247 g/mol. The summed E-state index contributed by atoms with van der Waals surface area (Å²) in [7, 11) is 0. The Morgan fingerprint density at radius 3 is 2.78 bits per heavy atom. The summed E-state index contributed by atoms with van der Waals surface area (Å²) in [5.41, 5.74) is 2.15. The third-order valence-electron chi connectivity index (χ3n) is 3.22. The normalized spacial score (nSPS) is 19.8. The fourth-order valence-corrected chi connectivity index (χ4v) is 2.07. The van der Waals surface area contributed by atoms with Gasteiger partial charge in [-0.2, -0.15) is 0 Å². The molecule has 1 aromatic rings. The molecular formula is C15H21NO2. The number of benzene rings is 1. The highest BCUT2D eigenvalue weighted by Gasteiger charge is 2.23. The Labute approximate surface area is 109 Å². The number of carbonyl (C=O) groups excluding carboxylic acids is 1. The molecule has 2 rings (SSSR count). The molecule has 1 saturated heterocycles. The van der Waals surface area contributed by atoms with E-state index in [0.717, 1.165) is 18.5 Å². The molecule has 1 aliphatic heterocycles. The van der Waals surface area contributed by atoms with Gasteiger partial charge in [-0.05, 0) is 36.0 Å². The first-order chi connectivity index (χ1) is 8.47. The van der Waals surface area contributed by atoms with Crippen LogP contribution in [0.5, 0.6) is 0 Å². The highest BCUT2D eigenvalue weighted by Crippen LogP contribution is 2.25. The minimum Gasteiger partial charge on any atom is -0.368 e. The summed E-state index contributed by atoms with van der Waals surface area (Å²) in [6.45, 7) is 7.18. The lowest BCUT2D eigenvalue weighted by molar-refractivity contribution is -0.124. The highest BCUT2D eigenvalue weighted by molar-refractivity contribution is 5.94. The third-order valence-corrected chi connectivity index (χ3v) is 3.22. The number of hydrogen-bond donors (Lipinski definition) is 1. The van der Waals surface area contributed by atoms with E-state index in [1.165, 1.54) is 5.56 Å². The van der Waals surface area contributed by atoms with Crippen LogP contribution in [0, 0.1) is 0 Å². The van der Waals surface area contributed by atoms with Crippen LogP contribution in [0.4, 0.5) is 5.69 Å². The Bertz CT molecular complexity index is 428. The van der Waals surface area contributed by atoms with Crippen LogP contribution < -0.4 is 5.32 Å². The Morgan fingerprint density at radius 1 is 1.39 bits per heavy atom. The SMILES string of the molecule is CC(C)(C)c1cccc(NC(=O)C2CCCO2)c1. The fourth-order valence-electron chi connectivity index (χ4n) is 2.07. The van der Waals surface area contributed by atoms with E-state index in [1.54, 1.807) is 0 Å². The average Bonchev–Trinajstić information content (AvgIpc) is 2.81. The molecule has 1 atom stereocenters. The molecular weight excluding hydrogens is 226 g/mol. The topological polar surface area (TPSA) is 38.3 Å². The maximum atomic E-state index is 11.9. The zero-order valence-electron chi connectivity index (χ0n) is 11.3. The fraction of sp³-hybridized carbons (Fsp3) is 0.533. The van der Waals surface area contributed by atoms with E-state index in [-0.39, 0.29) is 17.4 Å². The van der Waals surface area contributed by atoms with Gasteiger partial charge in [0, 0.05) is 12.3 Å². The maximum Gasteiger partial charge on any atom is 0.253 e. The zero-order chi connectivity index (χ0) is 13.2. The van der Waals surface area contributed by atoms with Crippen LogP contribution in [0.15, 0.2) is 24.3 Å². The lowest BCUT2D eigenvalue weighted by Crippen LogP contribution is -2.27. The van der Waals surface area contributed by atoms with Gasteiger partial charge in [-0.25, -0.2) is 0 Å². The first kappa shape index (κ1) is 13.1. The maximum absolute atomic E-state index is 11.9. The average molecular weight is 247 g/mol. The van der Waals surface area contributed by atoms with E-state index >= 15 is 0 Å². The molecule has 3 nitrogen and oxygen atoms in total. The van der Waals surface area contributed by atoms with Gasteiger partial charge in [0.05, 0.1) is 0 Å². The Balaban J connectivity index is 2.07. The van der Waals surface area contributed by atoms with Gasteiger partial charge in [-0.3, -0.25) is 4.79 Å². The molecule has 98 valence electrons. The van der Waals surface area contributed by atoms with Crippen molar-refractivity contribution in [3.8, 4) is 0 Å². The zero-order valence-corrected chi connectivity index (χ0v) is 11.3. The second kappa shape index (κ2) is 5.11. The predicted molar refractivity (Wildman–Crippen MR) is 72.7 cm³/mol. The van der Waals surface area contributed by atoms with E-state index in [4.69, 9.17) is 4.74 Å². The van der Waals surface area contributed by atoms with Crippen molar-refractivity contribution in [1.29, 1.82) is 0 Å². The van der Waals surface area contributed by atoms with Gasteiger partial charge in [0.2, 0.25) is 0 Å². The Kier molecular flexibility index (Phi) is 3.71. The molecule has 0 radical (unpaired) electrons. The molecule has 1 N–H and O–H groups in total. The number of nitrogens with one attached hydrogen (secondary N) is 1. The molecule has 18 heavy (non-hydrogen) atoms. The quantitative estimate of drug-likeness (QED) is 0.872. The second-order valence-electron chi connectivity index (χ2n) is 5.82. The van der Waals surface area contributed by atoms with Crippen LogP contribution >= 0.6 is 0 Å². The number of amides is 1. The summed E-state index contributed by atoms with van der Waals surface area (Å²) in [4.78, 5) is 11.9. The summed E-state index contributed by atoms with van der Waals surface area (Å²) >= 11 is 0. The van der Waals surface area contributed by atoms with E-state index in [2.05, 4.69) is 32.2 Å². The second-order valence-corrected chi connectivity index (χ2v) is 5.82. The summed E-state index contributed by atoms with van der Waals surface area (Å²) < 4.78 is 5.37. The molecule has 1 aliphatic rings. The first-order valence-electron chi connectivity index (χ1n) is 6.50. The minimum absolute atomic E-state index is 0.0291. The van der Waals surface area contributed by atoms with E-state index in [0.29, 0.717) is 6.61 Å². The molecule has 0 saturated carbocycles. The number of carbonyl (C=O) groups is 1. The number of ether oxygens (including phenoxy) is 1. The molecule has 3 heteroatoms. The molecule has 1 fully saturated rings. The van der Waals surface area contributed by atoms with Gasteiger partial charge < -0.3 is 10.1 Å². The van der Waals surface area contributed by atoms with Gasteiger partial charge in [-0.1, -0.05) is 32.9 Å². The van der Waals surface area contributed by atoms with E-state index in [9.17, 15) is 4.79 Å². The minimum atomic E-state index is -0.275. The summed E-state index contributed by atoms with van der Waals surface area (Å²) in [6, 6.07) is 8.02. The molecule has 0 spiro atoms. The number of rotatable bonds is 2. The lowest BCUT2D eigenvalue weighted by Gasteiger charge is -2.20. The van der Waals surface area contributed by atoms with Gasteiger partial charge in [0.15, 0.2) is 0 Å². The van der Waals surface area contributed by atoms with Crippen molar-refractivity contribution in [2.24, 2.45) is 0 Å². The van der Waals surface area contributed by atoms with E-state index in [1.807, 2.05) is 18.2 Å².